The molecule has 0 aromatic carbocycles. The maximum Gasteiger partial charge on any atom is 0.318 e. The molecule has 0 aromatic heterocycles. The molecule has 0 aromatic rings. The summed E-state index contributed by atoms with van der Waals surface area (Å²) in [5.41, 5.74) is -1.21. The third-order valence-electron chi connectivity index (χ3n) is 3.26. The van der Waals surface area contributed by atoms with Crippen LogP contribution < -0.4 is 0 Å². The van der Waals surface area contributed by atoms with Crippen LogP contribution in [0.15, 0.2) is 0 Å². The molecule has 4 nitrogen and oxygen atoms in total. The summed E-state index contributed by atoms with van der Waals surface area (Å²) < 4.78 is 0. The lowest BCUT2D eigenvalue weighted by Crippen LogP contribution is -2.50. The Morgan fingerprint density at radius 2 is 1.88 bits per heavy atom. The smallest absolute Gasteiger partial charge is 0.318 e. The van der Waals surface area contributed by atoms with Gasteiger partial charge in [-0.15, -0.1) is 0 Å². The highest BCUT2D eigenvalue weighted by Gasteiger charge is 2.41. The molecule has 4 heteroatoms. The monoisotopic (exact) mass is 227 g/mol. The summed E-state index contributed by atoms with van der Waals surface area (Å²) in [5.74, 6) is -1.33. The lowest BCUT2D eigenvalue weighted by Gasteiger charge is -2.40. The van der Waals surface area contributed by atoms with Gasteiger partial charge in [0.25, 0.3) is 0 Å². The van der Waals surface area contributed by atoms with E-state index in [0.717, 1.165) is 12.8 Å². The number of piperidine rings is 1. The molecule has 1 aliphatic heterocycles. The standard InChI is InChI=1S/C12H21NO3/c1-11(2)6-5-7-13(8-11)9(14)12(3,4)10(15)16/h5-8H2,1-4H3,(H,15,16). The van der Waals surface area contributed by atoms with E-state index in [9.17, 15) is 9.59 Å². The van der Waals surface area contributed by atoms with Crippen molar-refractivity contribution < 1.29 is 14.7 Å². The van der Waals surface area contributed by atoms with Crippen molar-refractivity contribution in [3.8, 4) is 0 Å². The molecule has 16 heavy (non-hydrogen) atoms. The maximum atomic E-state index is 12.1. The van der Waals surface area contributed by atoms with Crippen LogP contribution in [0.5, 0.6) is 0 Å². The van der Waals surface area contributed by atoms with Gasteiger partial charge in [-0.05, 0) is 32.1 Å². The lowest BCUT2D eigenvalue weighted by atomic mass is 9.82. The fourth-order valence-corrected chi connectivity index (χ4v) is 2.08. The first-order chi connectivity index (χ1) is 7.17. The van der Waals surface area contributed by atoms with Gasteiger partial charge in [0, 0.05) is 13.1 Å². The van der Waals surface area contributed by atoms with E-state index in [2.05, 4.69) is 13.8 Å². The molecule has 1 amide bonds. The van der Waals surface area contributed by atoms with Crippen LogP contribution >= 0.6 is 0 Å². The molecular weight excluding hydrogens is 206 g/mol. The Morgan fingerprint density at radius 1 is 1.31 bits per heavy atom. The summed E-state index contributed by atoms with van der Waals surface area (Å²) in [6.07, 6.45) is 2.04. The molecule has 0 atom stereocenters. The SMILES string of the molecule is CC1(C)CCCN(C(=O)C(C)(C)C(=O)O)C1. The average molecular weight is 227 g/mol. The molecule has 1 saturated heterocycles. The molecule has 1 N–H and O–H groups in total. The minimum absolute atomic E-state index is 0.0997. The number of hydrogen-bond acceptors (Lipinski definition) is 2. The maximum absolute atomic E-state index is 12.1. The van der Waals surface area contributed by atoms with Gasteiger partial charge in [0.15, 0.2) is 0 Å². The molecular formula is C12H21NO3. The number of rotatable bonds is 2. The fraction of sp³-hybridized carbons (Fsp3) is 0.833. The van der Waals surface area contributed by atoms with Crippen LogP contribution in [-0.4, -0.2) is 35.0 Å². The molecule has 1 heterocycles. The summed E-state index contributed by atoms with van der Waals surface area (Å²) in [6.45, 7) is 8.50. The van der Waals surface area contributed by atoms with E-state index >= 15 is 0 Å². The number of carbonyl (C=O) groups excluding carboxylic acids is 1. The van der Waals surface area contributed by atoms with Crippen molar-refractivity contribution in [2.75, 3.05) is 13.1 Å². The van der Waals surface area contributed by atoms with Crippen molar-refractivity contribution in [2.24, 2.45) is 10.8 Å². The van der Waals surface area contributed by atoms with Gasteiger partial charge in [-0.3, -0.25) is 9.59 Å². The first-order valence-electron chi connectivity index (χ1n) is 5.70. The van der Waals surface area contributed by atoms with Gasteiger partial charge < -0.3 is 10.0 Å². The second kappa shape index (κ2) is 4.07. The first-order valence-corrected chi connectivity index (χ1v) is 5.70. The molecule has 1 fully saturated rings. The molecule has 0 saturated carbocycles. The third-order valence-corrected chi connectivity index (χ3v) is 3.26. The van der Waals surface area contributed by atoms with Gasteiger partial charge >= 0.3 is 5.97 Å². The Balaban J connectivity index is 2.79. The summed E-state index contributed by atoms with van der Waals surface area (Å²) in [5, 5.41) is 9.02. The summed E-state index contributed by atoms with van der Waals surface area (Å²) >= 11 is 0. The first kappa shape index (κ1) is 13.0. The predicted molar refractivity (Wildman–Crippen MR) is 61.0 cm³/mol. The minimum atomic E-state index is -1.31. The van der Waals surface area contributed by atoms with E-state index in [1.165, 1.54) is 13.8 Å². The molecule has 92 valence electrons. The molecule has 0 unspecified atom stereocenters. The van der Waals surface area contributed by atoms with Gasteiger partial charge in [-0.2, -0.15) is 0 Å². The van der Waals surface area contributed by atoms with Crippen LogP contribution in [-0.2, 0) is 9.59 Å². The van der Waals surface area contributed by atoms with Gasteiger partial charge in [0.1, 0.15) is 5.41 Å². The van der Waals surface area contributed by atoms with Crippen molar-refractivity contribution in [1.82, 2.24) is 4.90 Å². The molecule has 0 bridgehead atoms. The van der Waals surface area contributed by atoms with Crippen LogP contribution in [0.25, 0.3) is 0 Å². The zero-order valence-corrected chi connectivity index (χ0v) is 10.5. The van der Waals surface area contributed by atoms with Crippen LogP contribution in [0.4, 0.5) is 0 Å². The topological polar surface area (TPSA) is 57.6 Å². The van der Waals surface area contributed by atoms with Crippen LogP contribution in [0, 0.1) is 10.8 Å². The number of carbonyl (C=O) groups is 2. The van der Waals surface area contributed by atoms with Crippen LogP contribution in [0.1, 0.15) is 40.5 Å². The van der Waals surface area contributed by atoms with E-state index in [0.29, 0.717) is 13.1 Å². The predicted octanol–water partition coefficient (Wildman–Crippen LogP) is 1.75. The second-order valence-electron chi connectivity index (χ2n) is 5.92. The van der Waals surface area contributed by atoms with Crippen molar-refractivity contribution in [3.63, 3.8) is 0 Å². The highest BCUT2D eigenvalue weighted by molar-refractivity contribution is 6.01. The van der Waals surface area contributed by atoms with Gasteiger partial charge in [-0.1, -0.05) is 13.8 Å². The van der Waals surface area contributed by atoms with Gasteiger partial charge in [0.05, 0.1) is 0 Å². The Bertz CT molecular complexity index is 307. The Morgan fingerprint density at radius 3 is 2.31 bits per heavy atom. The molecule has 0 spiro atoms. The number of nitrogens with zero attached hydrogens (tertiary/aromatic N) is 1. The Hall–Kier alpha value is -1.06. The normalized spacial score (nSPS) is 20.6. The van der Waals surface area contributed by atoms with Crippen molar-refractivity contribution in [2.45, 2.75) is 40.5 Å². The highest BCUT2D eigenvalue weighted by atomic mass is 16.4. The molecule has 0 aliphatic carbocycles. The third kappa shape index (κ3) is 2.54. The van der Waals surface area contributed by atoms with Crippen molar-refractivity contribution in [3.05, 3.63) is 0 Å². The van der Waals surface area contributed by atoms with Gasteiger partial charge in [-0.25, -0.2) is 0 Å². The van der Waals surface area contributed by atoms with E-state index in [1.807, 2.05) is 0 Å². The number of carboxylic acid groups (broad SMARTS) is 1. The van der Waals surface area contributed by atoms with E-state index in [-0.39, 0.29) is 11.3 Å². The Kier molecular flexibility index (Phi) is 3.31. The number of hydrogen-bond donors (Lipinski definition) is 1. The molecule has 1 aliphatic rings. The minimum Gasteiger partial charge on any atom is -0.480 e. The van der Waals surface area contributed by atoms with Crippen molar-refractivity contribution >= 4 is 11.9 Å². The summed E-state index contributed by atoms with van der Waals surface area (Å²) in [6, 6.07) is 0. The summed E-state index contributed by atoms with van der Waals surface area (Å²) in [4.78, 5) is 24.8. The zero-order valence-electron chi connectivity index (χ0n) is 10.5. The van der Waals surface area contributed by atoms with E-state index in [1.54, 1.807) is 4.90 Å². The highest BCUT2D eigenvalue weighted by Crippen LogP contribution is 2.31. The number of likely N-dealkylation sites (tertiary alicyclic amines) is 1. The van der Waals surface area contributed by atoms with Crippen molar-refractivity contribution in [1.29, 1.82) is 0 Å². The lowest BCUT2D eigenvalue weighted by molar-refractivity contribution is -0.159. The number of amides is 1. The Labute approximate surface area is 96.6 Å². The molecule has 1 rings (SSSR count). The largest absolute Gasteiger partial charge is 0.480 e. The van der Waals surface area contributed by atoms with Crippen LogP contribution in [0.2, 0.25) is 0 Å². The molecule has 0 radical (unpaired) electrons. The quantitative estimate of drug-likeness (QED) is 0.731. The number of aliphatic carboxylic acids is 1. The zero-order chi connectivity index (χ0) is 12.6. The average Bonchev–Trinajstić information content (AvgIpc) is 2.14. The number of carboxylic acids is 1. The second-order valence-corrected chi connectivity index (χ2v) is 5.92. The van der Waals surface area contributed by atoms with E-state index < -0.39 is 11.4 Å². The van der Waals surface area contributed by atoms with Gasteiger partial charge in [0.2, 0.25) is 5.91 Å². The van der Waals surface area contributed by atoms with E-state index in [4.69, 9.17) is 5.11 Å². The fourth-order valence-electron chi connectivity index (χ4n) is 2.08. The summed E-state index contributed by atoms with van der Waals surface area (Å²) in [7, 11) is 0. The van der Waals surface area contributed by atoms with Crippen LogP contribution in [0.3, 0.4) is 0 Å².